The van der Waals surface area contributed by atoms with Gasteiger partial charge in [-0.1, -0.05) is 37.5 Å². The van der Waals surface area contributed by atoms with E-state index in [2.05, 4.69) is 29.6 Å². The molecule has 1 saturated carbocycles. The monoisotopic (exact) mass is 344 g/mol. The van der Waals surface area contributed by atoms with E-state index in [1.54, 1.807) is 0 Å². The van der Waals surface area contributed by atoms with Crippen LogP contribution >= 0.6 is 12.2 Å². The van der Waals surface area contributed by atoms with Crippen molar-refractivity contribution in [1.29, 1.82) is 5.26 Å². The van der Waals surface area contributed by atoms with Crippen LogP contribution in [0.4, 0.5) is 5.69 Å². The van der Waals surface area contributed by atoms with Gasteiger partial charge in [-0.15, -0.1) is 0 Å². The quantitative estimate of drug-likeness (QED) is 0.624. The molecule has 1 N–H and O–H groups in total. The molecule has 1 aliphatic heterocycles. The summed E-state index contributed by atoms with van der Waals surface area (Å²) in [5.74, 6) is 0. The fourth-order valence-corrected chi connectivity index (χ4v) is 4.56. The summed E-state index contributed by atoms with van der Waals surface area (Å²) in [6.07, 6.45) is 6.09. The summed E-state index contributed by atoms with van der Waals surface area (Å²) < 4.78 is 1.95. The van der Waals surface area contributed by atoms with E-state index >= 15 is 0 Å². The second kappa shape index (κ2) is 6.65. The summed E-state index contributed by atoms with van der Waals surface area (Å²) in [5.41, 5.74) is 5.45. The second-order valence-electron chi connectivity index (χ2n) is 6.63. The molecule has 1 aliphatic carbocycles. The minimum Gasteiger partial charge on any atom is -0.349 e. The molecule has 4 rings (SSSR count). The average Bonchev–Trinajstić information content (AvgIpc) is 3.07. The first-order valence-electron chi connectivity index (χ1n) is 8.18. The Morgan fingerprint density at radius 1 is 1.17 bits per heavy atom. The number of hydrogen-bond donors (Lipinski definition) is 1. The van der Waals surface area contributed by atoms with Gasteiger partial charge in [0.15, 0.2) is 0 Å². The summed E-state index contributed by atoms with van der Waals surface area (Å²) in [7, 11) is 1.94. The van der Waals surface area contributed by atoms with Crippen molar-refractivity contribution in [2.75, 3.05) is 5.32 Å². The number of nitriles is 1. The Hall–Kier alpha value is -1.12. The van der Waals surface area contributed by atoms with E-state index in [4.69, 9.17) is 17.5 Å². The Labute approximate surface area is 170 Å². The molecular weight excluding hydrogens is 325 g/mol. The fraction of sp³-hybridized carbons (Fsp3) is 0.368. The van der Waals surface area contributed by atoms with Crippen LogP contribution in [0.3, 0.4) is 0 Å². The zero-order valence-electron chi connectivity index (χ0n) is 14.2. The van der Waals surface area contributed by atoms with Crippen molar-refractivity contribution in [1.82, 2.24) is 4.57 Å². The van der Waals surface area contributed by atoms with Gasteiger partial charge in [0.2, 0.25) is 0 Å². The van der Waals surface area contributed by atoms with Crippen LogP contribution in [0.25, 0.3) is 11.3 Å². The maximum absolute atomic E-state index is 9.17. The maximum Gasteiger partial charge on any atom is 0.120 e. The smallest absolute Gasteiger partial charge is 0.120 e. The Morgan fingerprint density at radius 3 is 2.58 bits per heavy atom. The van der Waals surface area contributed by atoms with Gasteiger partial charge in [-0.25, -0.2) is 0 Å². The number of aromatic nitrogens is 1. The van der Waals surface area contributed by atoms with E-state index in [9.17, 15) is 0 Å². The van der Waals surface area contributed by atoms with Gasteiger partial charge in [-0.05, 0) is 48.2 Å². The first-order valence-corrected chi connectivity index (χ1v) is 8.59. The number of hydrogen-bond acceptors (Lipinski definition) is 2. The predicted molar refractivity (Wildman–Crippen MR) is 102 cm³/mol. The van der Waals surface area contributed by atoms with Crippen LogP contribution in [0.2, 0.25) is 0 Å². The van der Waals surface area contributed by atoms with Crippen LogP contribution in [-0.4, -0.2) is 39.1 Å². The molecule has 0 unspecified atom stereocenters. The number of fused-ring (bicyclic) bond motifs is 2. The van der Waals surface area contributed by atoms with E-state index in [0.717, 1.165) is 34.8 Å². The summed E-state index contributed by atoms with van der Waals surface area (Å²) in [6, 6.07) is 12.7. The van der Waals surface area contributed by atoms with Gasteiger partial charge in [-0.3, -0.25) is 0 Å². The predicted octanol–water partition coefficient (Wildman–Crippen LogP) is 4.14. The van der Waals surface area contributed by atoms with Crippen molar-refractivity contribution in [3.05, 3.63) is 41.6 Å². The number of thiocarbonyl (C=S) groups is 1. The van der Waals surface area contributed by atoms with Gasteiger partial charge in [0.05, 0.1) is 4.99 Å². The molecule has 1 spiro atoms. The summed E-state index contributed by atoms with van der Waals surface area (Å²) in [6.45, 7) is 0. The summed E-state index contributed by atoms with van der Waals surface area (Å²) >= 11 is 5.71. The summed E-state index contributed by atoms with van der Waals surface area (Å²) in [5, 5.41) is 12.6. The Morgan fingerprint density at radius 2 is 1.92 bits per heavy atom. The average molecular weight is 344 g/mol. The Bertz CT molecular complexity index is 841. The molecule has 1 radical (unpaired) electrons. The molecule has 1 aromatic carbocycles. The molecule has 0 bridgehead atoms. The molecule has 3 nitrogen and oxygen atoms in total. The Balaban J connectivity index is 0.00000169. The van der Waals surface area contributed by atoms with Crippen LogP contribution in [0.1, 0.15) is 43.4 Å². The van der Waals surface area contributed by atoms with Gasteiger partial charge >= 0.3 is 0 Å². The van der Waals surface area contributed by atoms with Gasteiger partial charge in [0.25, 0.3) is 0 Å². The minimum absolute atomic E-state index is 0. The third kappa shape index (κ3) is 2.55. The number of rotatable bonds is 1. The standard InChI is InChI=1S/C19H19N3S.Na/c1-22-14(12-20)6-8-17(22)13-5-7-16-15(11-13)19(18(23)21-16)9-3-2-4-10-19;/h5-8,11H,2-4,9-10H2,1H3,(H,21,23);. The third-order valence-electron chi connectivity index (χ3n) is 5.46. The van der Waals surface area contributed by atoms with Crippen LogP contribution < -0.4 is 5.32 Å². The molecule has 2 aliphatic rings. The maximum atomic E-state index is 9.17. The van der Waals surface area contributed by atoms with Gasteiger partial charge in [0, 0.05) is 53.4 Å². The van der Waals surface area contributed by atoms with Crippen LogP contribution in [0.15, 0.2) is 30.3 Å². The van der Waals surface area contributed by atoms with Crippen molar-refractivity contribution in [3.8, 4) is 17.3 Å². The zero-order valence-corrected chi connectivity index (χ0v) is 17.0. The van der Waals surface area contributed by atoms with Crippen molar-refractivity contribution in [3.63, 3.8) is 0 Å². The van der Waals surface area contributed by atoms with E-state index in [1.165, 1.54) is 24.8 Å². The van der Waals surface area contributed by atoms with E-state index in [1.807, 2.05) is 23.7 Å². The number of nitrogens with zero attached hydrogens (tertiary/aromatic N) is 2. The van der Waals surface area contributed by atoms with Crippen molar-refractivity contribution < 1.29 is 0 Å². The fourth-order valence-electron chi connectivity index (χ4n) is 4.14. The molecule has 117 valence electrons. The topological polar surface area (TPSA) is 40.8 Å². The zero-order chi connectivity index (χ0) is 16.0. The number of nitrogens with one attached hydrogen (secondary N) is 1. The first-order chi connectivity index (χ1) is 11.2. The molecular formula is C19H19N3NaS. The van der Waals surface area contributed by atoms with Crippen LogP contribution in [0, 0.1) is 11.3 Å². The molecule has 0 saturated heterocycles. The molecule has 1 fully saturated rings. The summed E-state index contributed by atoms with van der Waals surface area (Å²) in [4.78, 5) is 0.994. The normalized spacial score (nSPS) is 17.8. The molecule has 2 aromatic rings. The van der Waals surface area contributed by atoms with E-state index < -0.39 is 0 Å². The van der Waals surface area contributed by atoms with Crippen molar-refractivity contribution in [2.24, 2.45) is 7.05 Å². The van der Waals surface area contributed by atoms with Crippen LogP contribution in [-0.2, 0) is 12.5 Å². The van der Waals surface area contributed by atoms with Crippen molar-refractivity contribution >= 4 is 52.5 Å². The minimum atomic E-state index is 0. The molecule has 1 aromatic heterocycles. The first kappa shape index (κ1) is 17.7. The SMILES string of the molecule is Cn1c(C#N)ccc1-c1ccc2c(c1)C1(CCCCC1)C(=S)N2.[Na]. The van der Waals surface area contributed by atoms with Crippen molar-refractivity contribution in [2.45, 2.75) is 37.5 Å². The molecule has 0 amide bonds. The largest absolute Gasteiger partial charge is 0.349 e. The van der Waals surface area contributed by atoms with E-state index in [0.29, 0.717) is 5.69 Å². The number of benzene rings is 1. The van der Waals surface area contributed by atoms with Crippen LogP contribution in [0.5, 0.6) is 0 Å². The molecule has 0 atom stereocenters. The Kier molecular flexibility index (Phi) is 4.90. The number of anilines is 1. The van der Waals surface area contributed by atoms with Gasteiger partial charge in [0.1, 0.15) is 11.8 Å². The van der Waals surface area contributed by atoms with Gasteiger partial charge in [-0.2, -0.15) is 5.26 Å². The van der Waals surface area contributed by atoms with Gasteiger partial charge < -0.3 is 9.88 Å². The van der Waals surface area contributed by atoms with E-state index in [-0.39, 0.29) is 35.0 Å². The molecule has 5 heteroatoms. The third-order valence-corrected chi connectivity index (χ3v) is 5.95. The molecule has 2 heterocycles. The second-order valence-corrected chi connectivity index (χ2v) is 7.04. The molecule has 24 heavy (non-hydrogen) atoms.